The quantitative estimate of drug-likeness (QED) is 0.180. The lowest BCUT2D eigenvalue weighted by Gasteiger charge is -2.43. The zero-order valence-corrected chi connectivity index (χ0v) is 27.8. The Morgan fingerprint density at radius 2 is 1.12 bits per heavy atom. The van der Waals surface area contributed by atoms with Crippen LogP contribution < -0.4 is 4.90 Å². The zero-order valence-electron chi connectivity index (χ0n) is 27.8. The second-order valence-electron chi connectivity index (χ2n) is 13.7. The molecule has 0 fully saturated rings. The van der Waals surface area contributed by atoms with Gasteiger partial charge in [-0.3, -0.25) is 0 Å². The van der Waals surface area contributed by atoms with Crippen molar-refractivity contribution in [2.24, 2.45) is 0 Å². The molecule has 0 bridgehead atoms. The maximum absolute atomic E-state index is 5.20. The Bertz CT molecular complexity index is 2720. The number of hydrogen-bond donors (Lipinski definition) is 0. The fourth-order valence-electron chi connectivity index (χ4n) is 8.06. The minimum atomic E-state index is -0.213. The molecule has 2 heterocycles. The smallest absolute Gasteiger partial charge is 0.182 e. The van der Waals surface area contributed by atoms with Crippen molar-refractivity contribution in [3.8, 4) is 33.9 Å². The Balaban J connectivity index is 1.21. The van der Waals surface area contributed by atoms with Crippen LogP contribution in [0.3, 0.4) is 0 Å². The summed E-state index contributed by atoms with van der Waals surface area (Å²) in [7, 11) is 0. The largest absolute Gasteiger partial charge is 0.309 e. The van der Waals surface area contributed by atoms with E-state index in [4.69, 9.17) is 15.2 Å². The van der Waals surface area contributed by atoms with Gasteiger partial charge in [0.05, 0.1) is 11.4 Å². The van der Waals surface area contributed by atoms with Crippen LogP contribution >= 0.6 is 0 Å². The molecule has 0 saturated heterocycles. The van der Waals surface area contributed by atoms with Crippen molar-refractivity contribution >= 4 is 49.4 Å². The number of rotatable bonds is 4. The van der Waals surface area contributed by atoms with Gasteiger partial charge < -0.3 is 4.90 Å². The highest BCUT2D eigenvalue weighted by atomic mass is 15.2. The third kappa shape index (κ3) is 4.21. The van der Waals surface area contributed by atoms with Gasteiger partial charge in [-0.15, -0.1) is 10.2 Å². The predicted octanol–water partition coefficient (Wildman–Crippen LogP) is 11.9. The van der Waals surface area contributed by atoms with E-state index in [-0.39, 0.29) is 5.41 Å². The molecule has 9 aromatic rings. The first-order valence-corrected chi connectivity index (χ1v) is 17.1. The van der Waals surface area contributed by atoms with Crippen molar-refractivity contribution in [2.45, 2.75) is 19.3 Å². The highest BCUT2D eigenvalue weighted by Crippen LogP contribution is 2.56. The summed E-state index contributed by atoms with van der Waals surface area (Å²) < 4.78 is 0. The molecule has 0 aliphatic carbocycles. The van der Waals surface area contributed by atoms with Crippen LogP contribution in [0.15, 0.2) is 158 Å². The highest BCUT2D eigenvalue weighted by Gasteiger charge is 2.38. The van der Waals surface area contributed by atoms with Crippen LogP contribution in [-0.2, 0) is 5.41 Å². The van der Waals surface area contributed by atoms with E-state index in [0.717, 1.165) is 33.8 Å². The van der Waals surface area contributed by atoms with Crippen LogP contribution in [0.25, 0.3) is 66.2 Å². The summed E-state index contributed by atoms with van der Waals surface area (Å²) in [5.41, 5.74) is 10.3. The van der Waals surface area contributed by atoms with E-state index >= 15 is 0 Å². The molecule has 0 spiro atoms. The molecule has 1 aromatic heterocycles. The second-order valence-corrected chi connectivity index (χ2v) is 13.7. The molecule has 4 nitrogen and oxygen atoms in total. The van der Waals surface area contributed by atoms with Gasteiger partial charge in [0.15, 0.2) is 5.82 Å². The molecule has 1 aliphatic heterocycles. The third-order valence-electron chi connectivity index (χ3n) is 10.5. The number of fused-ring (bicyclic) bond motifs is 3. The number of hydrogen-bond acceptors (Lipinski definition) is 4. The molecular weight excluding hydrogens is 609 g/mol. The van der Waals surface area contributed by atoms with E-state index in [0.29, 0.717) is 5.82 Å². The summed E-state index contributed by atoms with van der Waals surface area (Å²) in [4.78, 5) is 7.65. The molecule has 0 amide bonds. The Kier molecular flexibility index (Phi) is 6.19. The number of para-hydroxylation sites is 1. The fourth-order valence-corrected chi connectivity index (χ4v) is 8.06. The molecule has 0 atom stereocenters. The summed E-state index contributed by atoms with van der Waals surface area (Å²) in [6.45, 7) is 4.71. The SMILES string of the molecule is CC1(C)c2ccccc2N(c2cccc(-c3nnc(-c4ccccc4)c(-c4ccccc4)n3)c2)c2c1cc1ccc3cccc4ccc2c1c34. The highest BCUT2D eigenvalue weighted by molar-refractivity contribution is 6.26. The van der Waals surface area contributed by atoms with E-state index in [2.05, 4.69) is 140 Å². The lowest BCUT2D eigenvalue weighted by atomic mass is 9.72. The first-order valence-electron chi connectivity index (χ1n) is 17.1. The molecule has 50 heavy (non-hydrogen) atoms. The van der Waals surface area contributed by atoms with E-state index in [1.807, 2.05) is 36.4 Å². The maximum atomic E-state index is 5.20. The summed E-state index contributed by atoms with van der Waals surface area (Å²) in [6.07, 6.45) is 0. The average Bonchev–Trinajstić information content (AvgIpc) is 3.18. The van der Waals surface area contributed by atoms with Crippen LogP contribution in [-0.4, -0.2) is 15.2 Å². The normalized spacial score (nSPS) is 13.5. The molecular formula is C46H32N4. The Hall–Kier alpha value is -6.39. The van der Waals surface area contributed by atoms with Gasteiger partial charge in [-0.1, -0.05) is 147 Å². The zero-order chi connectivity index (χ0) is 33.4. The van der Waals surface area contributed by atoms with Crippen molar-refractivity contribution in [1.29, 1.82) is 0 Å². The van der Waals surface area contributed by atoms with Gasteiger partial charge in [-0.2, -0.15) is 0 Å². The molecule has 0 N–H and O–H groups in total. The van der Waals surface area contributed by atoms with Gasteiger partial charge in [0, 0.05) is 33.2 Å². The van der Waals surface area contributed by atoms with Crippen LogP contribution in [0.2, 0.25) is 0 Å². The Labute approximate surface area is 290 Å². The molecule has 10 rings (SSSR count). The van der Waals surface area contributed by atoms with E-state index in [9.17, 15) is 0 Å². The topological polar surface area (TPSA) is 41.9 Å². The van der Waals surface area contributed by atoms with E-state index < -0.39 is 0 Å². The van der Waals surface area contributed by atoms with Crippen molar-refractivity contribution in [3.63, 3.8) is 0 Å². The monoisotopic (exact) mass is 640 g/mol. The summed E-state index contributed by atoms with van der Waals surface area (Å²) in [5.74, 6) is 0.589. The second kappa shape index (κ2) is 10.8. The number of benzene rings is 8. The average molecular weight is 641 g/mol. The summed E-state index contributed by atoms with van der Waals surface area (Å²) in [5, 5.41) is 17.2. The van der Waals surface area contributed by atoms with Crippen LogP contribution in [0.1, 0.15) is 25.0 Å². The minimum absolute atomic E-state index is 0.213. The van der Waals surface area contributed by atoms with E-state index in [1.54, 1.807) is 0 Å². The van der Waals surface area contributed by atoms with Gasteiger partial charge in [-0.05, 0) is 62.3 Å². The minimum Gasteiger partial charge on any atom is -0.309 e. The van der Waals surface area contributed by atoms with Crippen molar-refractivity contribution in [1.82, 2.24) is 15.2 Å². The van der Waals surface area contributed by atoms with Crippen LogP contribution in [0.4, 0.5) is 17.1 Å². The predicted molar refractivity (Wildman–Crippen MR) is 207 cm³/mol. The lowest BCUT2D eigenvalue weighted by Crippen LogP contribution is -2.30. The molecule has 236 valence electrons. The molecule has 0 radical (unpaired) electrons. The van der Waals surface area contributed by atoms with Gasteiger partial charge in [-0.25, -0.2) is 4.98 Å². The van der Waals surface area contributed by atoms with Gasteiger partial charge in [0.1, 0.15) is 11.4 Å². The third-order valence-corrected chi connectivity index (χ3v) is 10.5. The summed E-state index contributed by atoms with van der Waals surface area (Å²) in [6, 6.07) is 56.1. The van der Waals surface area contributed by atoms with Crippen molar-refractivity contribution in [3.05, 3.63) is 169 Å². The van der Waals surface area contributed by atoms with E-state index in [1.165, 1.54) is 54.8 Å². The number of anilines is 3. The molecule has 0 unspecified atom stereocenters. The van der Waals surface area contributed by atoms with Gasteiger partial charge >= 0.3 is 0 Å². The van der Waals surface area contributed by atoms with Gasteiger partial charge in [0.2, 0.25) is 0 Å². The maximum Gasteiger partial charge on any atom is 0.182 e. The van der Waals surface area contributed by atoms with Crippen LogP contribution in [0, 0.1) is 0 Å². The molecule has 1 aliphatic rings. The lowest BCUT2D eigenvalue weighted by molar-refractivity contribution is 0.634. The molecule has 0 saturated carbocycles. The number of aromatic nitrogens is 3. The Morgan fingerprint density at radius 3 is 1.90 bits per heavy atom. The standard InChI is InChI=1S/C46H32N4/c1-46(2)37-21-9-10-22-39(37)50(44-36-26-25-30-18-11-17-29-23-24-33(28-38(44)46)41(36)40(29)30)35-20-12-19-34(27-35)45-47-42(31-13-5-3-6-14-31)43(48-49-45)32-15-7-4-8-16-32/h3-28H,1-2H3. The molecule has 8 aromatic carbocycles. The molecule has 4 heteroatoms. The number of nitrogens with zero attached hydrogens (tertiary/aromatic N) is 4. The summed E-state index contributed by atoms with van der Waals surface area (Å²) >= 11 is 0. The Morgan fingerprint density at radius 1 is 0.480 bits per heavy atom. The van der Waals surface area contributed by atoms with Crippen molar-refractivity contribution in [2.75, 3.05) is 4.90 Å². The first kappa shape index (κ1) is 28.6. The first-order chi connectivity index (χ1) is 24.6. The van der Waals surface area contributed by atoms with Gasteiger partial charge in [0.25, 0.3) is 0 Å². The fraction of sp³-hybridized carbons (Fsp3) is 0.0652. The van der Waals surface area contributed by atoms with Crippen molar-refractivity contribution < 1.29 is 0 Å². The van der Waals surface area contributed by atoms with Crippen LogP contribution in [0.5, 0.6) is 0 Å².